The van der Waals surface area contributed by atoms with Gasteiger partial charge >= 0.3 is 0 Å². The summed E-state index contributed by atoms with van der Waals surface area (Å²) in [7, 11) is 3.10. The van der Waals surface area contributed by atoms with Gasteiger partial charge in [0.25, 0.3) is 0 Å². The number of allylic oxidation sites excluding steroid dienone is 2. The van der Waals surface area contributed by atoms with Crippen LogP contribution in [0.2, 0.25) is 0 Å². The number of para-hydroxylation sites is 2. The van der Waals surface area contributed by atoms with Crippen LogP contribution in [0.25, 0.3) is 0 Å². The van der Waals surface area contributed by atoms with E-state index in [0.29, 0.717) is 6.61 Å². The van der Waals surface area contributed by atoms with Crippen molar-refractivity contribution in [1.29, 1.82) is 0 Å². The highest BCUT2D eigenvalue weighted by Crippen LogP contribution is 2.16. The first-order chi connectivity index (χ1) is 26.7. The molecule has 2 saturated heterocycles. The largest absolute Gasteiger partial charge is 0.399 e. The SMILES string of the molecule is C=C/C(CCCOCCN1CCN(c2ccccc2)CC1)=N\OC.C=C/C(CCOCCCN1CCN(c2ccccc2)CC1)=N\OC.CC.CC.CC. The molecule has 2 aromatic carbocycles. The fourth-order valence-electron chi connectivity index (χ4n) is 5.66. The number of nitrogens with zero attached hydrogens (tertiary/aromatic N) is 6. The van der Waals surface area contributed by atoms with Crippen LogP contribution in [0.1, 0.15) is 67.2 Å². The molecule has 0 aromatic heterocycles. The van der Waals surface area contributed by atoms with E-state index in [9.17, 15) is 0 Å². The first-order valence-electron chi connectivity index (χ1n) is 20.3. The number of hydrogen-bond donors (Lipinski definition) is 0. The molecule has 306 valence electrons. The minimum absolute atomic E-state index is 0.663. The lowest BCUT2D eigenvalue weighted by Gasteiger charge is -2.36. The summed E-state index contributed by atoms with van der Waals surface area (Å²) < 4.78 is 11.4. The average Bonchev–Trinajstić information content (AvgIpc) is 3.26. The Morgan fingerprint density at radius 2 is 0.944 bits per heavy atom. The third-order valence-electron chi connectivity index (χ3n) is 8.41. The van der Waals surface area contributed by atoms with Crippen molar-refractivity contribution in [2.75, 3.05) is 116 Å². The van der Waals surface area contributed by atoms with Crippen LogP contribution >= 0.6 is 0 Å². The van der Waals surface area contributed by atoms with E-state index in [1.165, 1.54) is 11.4 Å². The summed E-state index contributed by atoms with van der Waals surface area (Å²) in [5.74, 6) is 0. The molecule has 2 aliphatic rings. The van der Waals surface area contributed by atoms with Crippen molar-refractivity contribution in [3.05, 3.63) is 86.0 Å². The zero-order valence-electron chi connectivity index (χ0n) is 35.4. The second kappa shape index (κ2) is 36.3. The maximum atomic E-state index is 5.74. The van der Waals surface area contributed by atoms with E-state index in [-0.39, 0.29) is 0 Å². The molecule has 0 spiro atoms. The Morgan fingerprint density at radius 3 is 1.39 bits per heavy atom. The Hall–Kier alpha value is -3.70. The maximum Gasteiger partial charge on any atom is 0.106 e. The Balaban J connectivity index is 0.000000914. The van der Waals surface area contributed by atoms with Gasteiger partial charge < -0.3 is 28.9 Å². The minimum atomic E-state index is 0.663. The molecule has 0 aliphatic carbocycles. The molecule has 2 aromatic rings. The van der Waals surface area contributed by atoms with Crippen LogP contribution in [0, 0.1) is 0 Å². The number of ether oxygens (including phenoxy) is 2. The molecule has 0 radical (unpaired) electrons. The lowest BCUT2D eigenvalue weighted by Crippen LogP contribution is -2.47. The maximum absolute atomic E-state index is 5.74. The highest BCUT2D eigenvalue weighted by Gasteiger charge is 2.17. The fraction of sp³-hybridized carbons (Fsp3) is 0.591. The summed E-state index contributed by atoms with van der Waals surface area (Å²) in [6.45, 7) is 33.3. The van der Waals surface area contributed by atoms with Gasteiger partial charge in [-0.15, -0.1) is 0 Å². The summed E-state index contributed by atoms with van der Waals surface area (Å²) in [5.41, 5.74) is 4.35. The summed E-state index contributed by atoms with van der Waals surface area (Å²) in [6, 6.07) is 21.3. The van der Waals surface area contributed by atoms with E-state index >= 15 is 0 Å². The van der Waals surface area contributed by atoms with E-state index in [2.05, 4.69) is 104 Å². The molecule has 10 heteroatoms. The molecule has 0 amide bonds. The summed E-state index contributed by atoms with van der Waals surface area (Å²) in [6.07, 6.45) is 7.03. The Bertz CT molecular complexity index is 1090. The van der Waals surface area contributed by atoms with Crippen LogP contribution in [0.15, 0.2) is 96.3 Å². The molecule has 2 heterocycles. The zero-order chi connectivity index (χ0) is 40.1. The standard InChI is InChI=1S/2C19H29N3O2.3C2H6/c1-3-18(20-23-2)8-7-16-24-17-15-21-11-13-22(14-12-21)19-9-5-4-6-10-19;1-3-18(20-23-2)10-17-24-16-7-11-21-12-14-22(15-13-21)19-8-5-4-6-9-19;3*1-2/h3-6,9-10H,1,7-8,11-17H2,2H3;3-6,8-9H,1,7,10-17H2,2H3;3*1-2H3/b2*20-18+;;;. The van der Waals surface area contributed by atoms with Crippen molar-refractivity contribution in [2.45, 2.75) is 67.2 Å². The van der Waals surface area contributed by atoms with E-state index < -0.39 is 0 Å². The van der Waals surface area contributed by atoms with Crippen LogP contribution in [0.5, 0.6) is 0 Å². The van der Waals surface area contributed by atoms with Gasteiger partial charge in [0.2, 0.25) is 0 Å². The number of rotatable bonds is 20. The third kappa shape index (κ3) is 23.2. The Labute approximate surface area is 330 Å². The van der Waals surface area contributed by atoms with Crippen LogP contribution in [0.4, 0.5) is 11.4 Å². The Kier molecular flexibility index (Phi) is 33.8. The number of piperazine rings is 2. The van der Waals surface area contributed by atoms with Gasteiger partial charge in [-0.2, -0.15) is 0 Å². The highest BCUT2D eigenvalue weighted by atomic mass is 16.6. The van der Waals surface area contributed by atoms with Crippen LogP contribution in [-0.2, 0) is 19.1 Å². The van der Waals surface area contributed by atoms with Gasteiger partial charge in [-0.1, -0.05) is 101 Å². The number of oxime groups is 2. The number of benzene rings is 2. The molecule has 10 nitrogen and oxygen atoms in total. The molecular formula is C44H76N6O4. The van der Waals surface area contributed by atoms with Gasteiger partial charge in [0.05, 0.1) is 24.6 Å². The van der Waals surface area contributed by atoms with E-state index in [4.69, 9.17) is 19.1 Å². The first-order valence-corrected chi connectivity index (χ1v) is 20.3. The normalized spacial score (nSPS) is 14.7. The average molecular weight is 753 g/mol. The minimum Gasteiger partial charge on any atom is -0.399 e. The van der Waals surface area contributed by atoms with Crippen LogP contribution < -0.4 is 9.80 Å². The van der Waals surface area contributed by atoms with Gasteiger partial charge in [-0.05, 0) is 55.7 Å². The highest BCUT2D eigenvalue weighted by molar-refractivity contribution is 5.94. The predicted molar refractivity (Wildman–Crippen MR) is 234 cm³/mol. The lowest BCUT2D eigenvalue weighted by atomic mass is 10.2. The van der Waals surface area contributed by atoms with Crippen LogP contribution in [-0.4, -0.2) is 127 Å². The van der Waals surface area contributed by atoms with E-state index in [1.54, 1.807) is 26.4 Å². The number of hydrogen-bond acceptors (Lipinski definition) is 10. The predicted octanol–water partition coefficient (Wildman–Crippen LogP) is 8.67. The summed E-state index contributed by atoms with van der Waals surface area (Å²) in [4.78, 5) is 19.4. The molecule has 0 unspecified atom stereocenters. The van der Waals surface area contributed by atoms with E-state index in [1.807, 2.05) is 41.5 Å². The van der Waals surface area contributed by atoms with Crippen molar-refractivity contribution in [2.24, 2.45) is 10.3 Å². The molecule has 4 rings (SSSR count). The van der Waals surface area contributed by atoms with Crippen molar-refractivity contribution in [3.63, 3.8) is 0 Å². The second-order valence-corrected chi connectivity index (χ2v) is 11.7. The van der Waals surface area contributed by atoms with Gasteiger partial charge in [0.1, 0.15) is 14.2 Å². The quantitative estimate of drug-likeness (QED) is 0.0757. The molecule has 0 bridgehead atoms. The van der Waals surface area contributed by atoms with Crippen molar-refractivity contribution in [3.8, 4) is 0 Å². The van der Waals surface area contributed by atoms with Crippen molar-refractivity contribution < 1.29 is 19.1 Å². The topological polar surface area (TPSA) is 74.6 Å². The number of anilines is 2. The molecule has 0 N–H and O–H groups in total. The Morgan fingerprint density at radius 1 is 0.537 bits per heavy atom. The van der Waals surface area contributed by atoms with Gasteiger partial charge in [0, 0.05) is 96.5 Å². The molecule has 0 saturated carbocycles. The molecule has 2 fully saturated rings. The summed E-state index contributed by atoms with van der Waals surface area (Å²) in [5, 5.41) is 7.77. The first kappa shape index (κ1) is 50.3. The molecule has 54 heavy (non-hydrogen) atoms. The van der Waals surface area contributed by atoms with Gasteiger partial charge in [-0.3, -0.25) is 9.80 Å². The van der Waals surface area contributed by atoms with Crippen LogP contribution in [0.3, 0.4) is 0 Å². The molecule has 0 atom stereocenters. The third-order valence-corrected chi connectivity index (χ3v) is 8.41. The molecule has 2 aliphatic heterocycles. The van der Waals surface area contributed by atoms with E-state index in [0.717, 1.165) is 122 Å². The van der Waals surface area contributed by atoms with Crippen molar-refractivity contribution >= 4 is 22.8 Å². The monoisotopic (exact) mass is 753 g/mol. The van der Waals surface area contributed by atoms with Crippen molar-refractivity contribution in [1.82, 2.24) is 9.80 Å². The molecular weight excluding hydrogens is 677 g/mol. The summed E-state index contributed by atoms with van der Waals surface area (Å²) >= 11 is 0. The van der Waals surface area contributed by atoms with Gasteiger partial charge in [0.15, 0.2) is 0 Å². The second-order valence-electron chi connectivity index (χ2n) is 11.7. The lowest BCUT2D eigenvalue weighted by molar-refractivity contribution is 0.100. The zero-order valence-corrected chi connectivity index (χ0v) is 35.4. The smallest absolute Gasteiger partial charge is 0.106 e. The fourth-order valence-corrected chi connectivity index (χ4v) is 5.66. The van der Waals surface area contributed by atoms with Gasteiger partial charge in [-0.25, -0.2) is 0 Å².